The standard InChI is InChI=1S/C15H17N3O/c1-16-15(13-9-17-6-7-18-13)12-8-11-4-2-3-5-14(11)19-10-12/h2-7,9,12,15-16H,8,10H2,1H3. The smallest absolute Gasteiger partial charge is 0.122 e. The van der Waals surface area contributed by atoms with Gasteiger partial charge in [0.05, 0.1) is 18.3 Å². The number of aromatic nitrogens is 2. The zero-order valence-corrected chi connectivity index (χ0v) is 10.9. The molecular formula is C15H17N3O. The van der Waals surface area contributed by atoms with Crippen molar-refractivity contribution in [3.05, 3.63) is 54.1 Å². The van der Waals surface area contributed by atoms with Crippen LogP contribution in [0.3, 0.4) is 0 Å². The predicted octanol–water partition coefficient (Wildman–Crippen LogP) is 1.99. The molecule has 0 radical (unpaired) electrons. The highest BCUT2D eigenvalue weighted by atomic mass is 16.5. The Morgan fingerprint density at radius 3 is 3.00 bits per heavy atom. The summed E-state index contributed by atoms with van der Waals surface area (Å²) in [5, 5.41) is 3.34. The lowest BCUT2D eigenvalue weighted by Crippen LogP contribution is -2.34. The summed E-state index contributed by atoms with van der Waals surface area (Å²) in [4.78, 5) is 8.55. The lowest BCUT2D eigenvalue weighted by Gasteiger charge is -2.31. The molecule has 2 heterocycles. The number of benzene rings is 1. The van der Waals surface area contributed by atoms with Crippen molar-refractivity contribution < 1.29 is 4.74 Å². The minimum atomic E-state index is 0.169. The summed E-state index contributed by atoms with van der Waals surface area (Å²) < 4.78 is 5.85. The van der Waals surface area contributed by atoms with Gasteiger partial charge < -0.3 is 10.1 Å². The Balaban J connectivity index is 1.83. The van der Waals surface area contributed by atoms with Crippen molar-refractivity contribution in [3.8, 4) is 5.75 Å². The summed E-state index contributed by atoms with van der Waals surface area (Å²) in [6.45, 7) is 0.707. The first-order valence-corrected chi connectivity index (χ1v) is 6.52. The highest BCUT2D eigenvalue weighted by Crippen LogP contribution is 2.32. The van der Waals surface area contributed by atoms with Crippen LogP contribution >= 0.6 is 0 Å². The molecule has 98 valence electrons. The number of nitrogens with one attached hydrogen (secondary N) is 1. The van der Waals surface area contributed by atoms with Crippen LogP contribution < -0.4 is 10.1 Å². The van der Waals surface area contributed by atoms with Gasteiger partial charge in [0.25, 0.3) is 0 Å². The molecule has 0 saturated carbocycles. The Morgan fingerprint density at radius 2 is 2.21 bits per heavy atom. The van der Waals surface area contributed by atoms with Crippen LogP contribution in [0.25, 0.3) is 0 Å². The molecule has 4 heteroatoms. The number of fused-ring (bicyclic) bond motifs is 1. The first-order valence-electron chi connectivity index (χ1n) is 6.52. The molecule has 0 saturated heterocycles. The van der Waals surface area contributed by atoms with Gasteiger partial charge in [-0.05, 0) is 25.1 Å². The van der Waals surface area contributed by atoms with Crippen LogP contribution in [0.2, 0.25) is 0 Å². The third kappa shape index (κ3) is 2.44. The van der Waals surface area contributed by atoms with Gasteiger partial charge in [-0.2, -0.15) is 0 Å². The van der Waals surface area contributed by atoms with E-state index >= 15 is 0 Å². The van der Waals surface area contributed by atoms with Crippen LogP contribution in [0.15, 0.2) is 42.9 Å². The fraction of sp³-hybridized carbons (Fsp3) is 0.333. The maximum Gasteiger partial charge on any atom is 0.122 e. The fourth-order valence-corrected chi connectivity index (χ4v) is 2.66. The molecule has 1 aliphatic rings. The molecule has 0 bridgehead atoms. The maximum atomic E-state index is 5.85. The molecule has 1 aromatic heterocycles. The van der Waals surface area contributed by atoms with Crippen LogP contribution in [-0.2, 0) is 6.42 Å². The van der Waals surface area contributed by atoms with E-state index in [4.69, 9.17) is 4.74 Å². The minimum absolute atomic E-state index is 0.169. The topological polar surface area (TPSA) is 47.0 Å². The third-order valence-electron chi connectivity index (χ3n) is 3.59. The van der Waals surface area contributed by atoms with Crippen molar-refractivity contribution in [2.75, 3.05) is 13.7 Å². The second-order valence-corrected chi connectivity index (χ2v) is 4.78. The molecule has 19 heavy (non-hydrogen) atoms. The number of nitrogens with zero attached hydrogens (tertiary/aromatic N) is 2. The summed E-state index contributed by atoms with van der Waals surface area (Å²) >= 11 is 0. The van der Waals surface area contributed by atoms with E-state index in [1.54, 1.807) is 12.4 Å². The zero-order valence-electron chi connectivity index (χ0n) is 10.9. The Hall–Kier alpha value is -1.94. The van der Waals surface area contributed by atoms with Crippen LogP contribution in [0.4, 0.5) is 0 Å². The van der Waals surface area contributed by atoms with Gasteiger partial charge in [-0.25, -0.2) is 0 Å². The van der Waals surface area contributed by atoms with E-state index in [-0.39, 0.29) is 6.04 Å². The molecule has 0 spiro atoms. The van der Waals surface area contributed by atoms with E-state index in [9.17, 15) is 0 Å². The van der Waals surface area contributed by atoms with E-state index in [1.165, 1.54) is 5.56 Å². The Kier molecular flexibility index (Phi) is 3.42. The van der Waals surface area contributed by atoms with Gasteiger partial charge in [0.1, 0.15) is 5.75 Å². The number of hydrogen-bond acceptors (Lipinski definition) is 4. The third-order valence-corrected chi connectivity index (χ3v) is 3.59. The van der Waals surface area contributed by atoms with Gasteiger partial charge in [0, 0.05) is 24.5 Å². The number of ether oxygens (including phenoxy) is 1. The van der Waals surface area contributed by atoms with Gasteiger partial charge in [0.2, 0.25) is 0 Å². The second-order valence-electron chi connectivity index (χ2n) is 4.78. The minimum Gasteiger partial charge on any atom is -0.493 e. The van der Waals surface area contributed by atoms with Crippen molar-refractivity contribution in [1.29, 1.82) is 0 Å². The highest BCUT2D eigenvalue weighted by Gasteiger charge is 2.28. The van der Waals surface area contributed by atoms with E-state index in [0.717, 1.165) is 17.9 Å². The van der Waals surface area contributed by atoms with Gasteiger partial charge in [-0.1, -0.05) is 18.2 Å². The van der Waals surface area contributed by atoms with Crippen LogP contribution in [0.5, 0.6) is 5.75 Å². The monoisotopic (exact) mass is 255 g/mol. The Bertz CT molecular complexity index is 544. The summed E-state index contributed by atoms with van der Waals surface area (Å²) in [5.74, 6) is 1.38. The van der Waals surface area contributed by atoms with Crippen LogP contribution in [0, 0.1) is 5.92 Å². The van der Waals surface area contributed by atoms with Gasteiger partial charge in [-0.15, -0.1) is 0 Å². The summed E-state index contributed by atoms with van der Waals surface area (Å²) in [7, 11) is 1.96. The average Bonchev–Trinajstić information content (AvgIpc) is 2.49. The zero-order chi connectivity index (χ0) is 13.1. The van der Waals surface area contributed by atoms with Crippen LogP contribution in [-0.4, -0.2) is 23.6 Å². The molecule has 0 fully saturated rings. The first-order chi connectivity index (χ1) is 9.38. The van der Waals surface area contributed by atoms with Gasteiger partial charge in [-0.3, -0.25) is 9.97 Å². The Labute approximate surface area is 112 Å². The Morgan fingerprint density at radius 1 is 1.32 bits per heavy atom. The van der Waals surface area contributed by atoms with Crippen molar-refractivity contribution >= 4 is 0 Å². The molecule has 4 nitrogen and oxygen atoms in total. The predicted molar refractivity (Wildman–Crippen MR) is 73.0 cm³/mol. The average molecular weight is 255 g/mol. The molecule has 1 N–H and O–H groups in total. The lowest BCUT2D eigenvalue weighted by molar-refractivity contribution is 0.186. The van der Waals surface area contributed by atoms with Crippen molar-refractivity contribution in [2.24, 2.45) is 5.92 Å². The molecule has 2 aromatic rings. The highest BCUT2D eigenvalue weighted by molar-refractivity contribution is 5.35. The molecule has 0 amide bonds. The molecular weight excluding hydrogens is 238 g/mol. The first kappa shape index (κ1) is 12.1. The van der Waals surface area contributed by atoms with Crippen molar-refractivity contribution in [3.63, 3.8) is 0 Å². The van der Waals surface area contributed by atoms with Gasteiger partial charge in [0.15, 0.2) is 0 Å². The largest absolute Gasteiger partial charge is 0.493 e. The SMILES string of the molecule is CNC(c1cnccn1)C1COc2ccccc2C1. The normalized spacial score (nSPS) is 19.3. The number of para-hydroxylation sites is 1. The molecule has 2 unspecified atom stereocenters. The molecule has 3 rings (SSSR count). The molecule has 2 atom stereocenters. The van der Waals surface area contributed by atoms with E-state index in [2.05, 4.69) is 27.4 Å². The second kappa shape index (κ2) is 5.36. The lowest BCUT2D eigenvalue weighted by atomic mass is 9.89. The number of hydrogen-bond donors (Lipinski definition) is 1. The molecule has 1 aliphatic heterocycles. The summed E-state index contributed by atoms with van der Waals surface area (Å²) in [6, 6.07) is 8.40. The quantitative estimate of drug-likeness (QED) is 0.911. The van der Waals surface area contributed by atoms with E-state index < -0.39 is 0 Å². The summed E-state index contributed by atoms with van der Waals surface area (Å²) in [5.41, 5.74) is 2.24. The maximum absolute atomic E-state index is 5.85. The van der Waals surface area contributed by atoms with Crippen LogP contribution in [0.1, 0.15) is 17.3 Å². The van der Waals surface area contributed by atoms with E-state index in [1.807, 2.05) is 25.4 Å². The summed E-state index contributed by atoms with van der Waals surface area (Å²) in [6.07, 6.45) is 6.25. The van der Waals surface area contributed by atoms with Crippen molar-refractivity contribution in [2.45, 2.75) is 12.5 Å². The number of rotatable bonds is 3. The van der Waals surface area contributed by atoms with Crippen molar-refractivity contribution in [1.82, 2.24) is 15.3 Å². The fourth-order valence-electron chi connectivity index (χ4n) is 2.66. The molecule has 0 aliphatic carbocycles. The van der Waals surface area contributed by atoms with E-state index in [0.29, 0.717) is 12.5 Å². The molecule has 1 aromatic carbocycles. The van der Waals surface area contributed by atoms with Gasteiger partial charge >= 0.3 is 0 Å².